The second kappa shape index (κ2) is 3.93. The maximum atomic E-state index is 13.8. The molecule has 5 nitrogen and oxygen atoms in total. The molecule has 0 aliphatic carbocycles. The van der Waals surface area contributed by atoms with E-state index in [0.29, 0.717) is 0 Å². The van der Waals surface area contributed by atoms with E-state index in [1.54, 1.807) is 0 Å². The van der Waals surface area contributed by atoms with Crippen LogP contribution in [0.4, 0.5) is 13.6 Å². The van der Waals surface area contributed by atoms with Gasteiger partial charge in [0.15, 0.2) is 0 Å². The summed E-state index contributed by atoms with van der Waals surface area (Å²) in [5.41, 5.74) is -1.45. The molecule has 0 aromatic carbocycles. The zero-order chi connectivity index (χ0) is 13.6. The SMILES string of the molecule is C=CCOC(=O)N1CC2(CN(C)C(=O)C2(F)F)C1. The van der Waals surface area contributed by atoms with Gasteiger partial charge in [-0.2, -0.15) is 8.78 Å². The summed E-state index contributed by atoms with van der Waals surface area (Å²) in [6.07, 6.45) is 0.743. The van der Waals surface area contributed by atoms with Crippen LogP contribution in [-0.4, -0.2) is 61.0 Å². The van der Waals surface area contributed by atoms with E-state index in [0.717, 1.165) is 4.90 Å². The van der Waals surface area contributed by atoms with Crippen molar-refractivity contribution in [2.24, 2.45) is 5.41 Å². The minimum absolute atomic E-state index is 0.0376. The number of carbonyl (C=O) groups is 2. The summed E-state index contributed by atoms with van der Waals surface area (Å²) < 4.78 is 32.3. The first-order chi connectivity index (χ1) is 8.34. The van der Waals surface area contributed by atoms with E-state index < -0.39 is 23.3 Å². The molecule has 2 rings (SSSR count). The molecule has 18 heavy (non-hydrogen) atoms. The van der Waals surface area contributed by atoms with Crippen LogP contribution in [0.15, 0.2) is 12.7 Å². The van der Waals surface area contributed by atoms with Gasteiger partial charge in [-0.05, 0) is 0 Å². The first-order valence-electron chi connectivity index (χ1n) is 5.50. The molecule has 2 aliphatic rings. The Morgan fingerprint density at radius 2 is 2.11 bits per heavy atom. The third-order valence-corrected chi connectivity index (χ3v) is 3.39. The second-order valence-electron chi connectivity index (χ2n) is 4.74. The van der Waals surface area contributed by atoms with E-state index in [4.69, 9.17) is 4.74 Å². The van der Waals surface area contributed by atoms with Gasteiger partial charge in [-0.15, -0.1) is 0 Å². The van der Waals surface area contributed by atoms with Gasteiger partial charge in [0.05, 0.1) is 5.41 Å². The fourth-order valence-electron chi connectivity index (χ4n) is 2.43. The molecular weight excluding hydrogens is 246 g/mol. The monoisotopic (exact) mass is 260 g/mol. The van der Waals surface area contributed by atoms with Crippen molar-refractivity contribution in [3.63, 3.8) is 0 Å². The summed E-state index contributed by atoms with van der Waals surface area (Å²) in [4.78, 5) is 24.9. The van der Waals surface area contributed by atoms with Crippen LogP contribution < -0.4 is 0 Å². The zero-order valence-corrected chi connectivity index (χ0v) is 9.99. The molecule has 0 aromatic heterocycles. The quantitative estimate of drug-likeness (QED) is 0.687. The van der Waals surface area contributed by atoms with Crippen molar-refractivity contribution < 1.29 is 23.1 Å². The van der Waals surface area contributed by atoms with Crippen LogP contribution in [0.25, 0.3) is 0 Å². The highest BCUT2D eigenvalue weighted by atomic mass is 19.3. The van der Waals surface area contributed by atoms with Gasteiger partial charge < -0.3 is 14.5 Å². The smallest absolute Gasteiger partial charge is 0.410 e. The van der Waals surface area contributed by atoms with Gasteiger partial charge in [-0.3, -0.25) is 4.79 Å². The standard InChI is InChI=1S/C11H14F2N2O3/c1-3-4-18-9(17)15-6-10(7-15)5-14(2)8(16)11(10,12)13/h3H,1,4-7H2,2H3. The lowest BCUT2D eigenvalue weighted by Crippen LogP contribution is -2.66. The van der Waals surface area contributed by atoms with E-state index in [2.05, 4.69) is 6.58 Å². The van der Waals surface area contributed by atoms with Crippen molar-refractivity contribution in [3.05, 3.63) is 12.7 Å². The summed E-state index contributed by atoms with van der Waals surface area (Å²) in [5, 5.41) is 0. The van der Waals surface area contributed by atoms with Crippen LogP contribution in [0.1, 0.15) is 0 Å². The lowest BCUT2D eigenvalue weighted by Gasteiger charge is -2.48. The second-order valence-corrected chi connectivity index (χ2v) is 4.74. The highest BCUT2D eigenvalue weighted by molar-refractivity contribution is 5.88. The van der Waals surface area contributed by atoms with Crippen molar-refractivity contribution in [3.8, 4) is 0 Å². The molecular formula is C11H14F2N2O3. The summed E-state index contributed by atoms with van der Waals surface area (Å²) in [6.45, 7) is 3.06. The Morgan fingerprint density at radius 1 is 1.50 bits per heavy atom. The zero-order valence-electron chi connectivity index (χ0n) is 9.99. The molecule has 2 fully saturated rings. The van der Waals surface area contributed by atoms with Crippen LogP contribution in [0, 0.1) is 5.41 Å². The van der Waals surface area contributed by atoms with E-state index in [9.17, 15) is 18.4 Å². The average Bonchev–Trinajstić information content (AvgIpc) is 2.44. The molecule has 2 amide bonds. The van der Waals surface area contributed by atoms with Crippen molar-refractivity contribution in [2.45, 2.75) is 5.92 Å². The fourth-order valence-corrected chi connectivity index (χ4v) is 2.43. The van der Waals surface area contributed by atoms with E-state index >= 15 is 0 Å². The molecule has 2 aliphatic heterocycles. The van der Waals surface area contributed by atoms with Crippen LogP contribution in [0.3, 0.4) is 0 Å². The van der Waals surface area contributed by atoms with Crippen LogP contribution in [0.5, 0.6) is 0 Å². The Labute approximate surface area is 103 Å². The topological polar surface area (TPSA) is 49.9 Å². The Balaban J connectivity index is 2.01. The van der Waals surface area contributed by atoms with Crippen molar-refractivity contribution >= 4 is 12.0 Å². The van der Waals surface area contributed by atoms with E-state index in [1.165, 1.54) is 18.0 Å². The van der Waals surface area contributed by atoms with Gasteiger partial charge in [-0.25, -0.2) is 4.79 Å². The van der Waals surface area contributed by atoms with Gasteiger partial charge in [-0.1, -0.05) is 12.7 Å². The molecule has 100 valence electrons. The molecule has 0 saturated carbocycles. The molecule has 2 heterocycles. The number of amides is 2. The number of ether oxygens (including phenoxy) is 1. The maximum absolute atomic E-state index is 13.8. The number of carbonyl (C=O) groups excluding carboxylic acids is 2. The number of hydrogen-bond acceptors (Lipinski definition) is 3. The number of halogens is 2. The third-order valence-electron chi connectivity index (χ3n) is 3.39. The lowest BCUT2D eigenvalue weighted by atomic mass is 9.76. The molecule has 0 atom stereocenters. The Kier molecular flexibility index (Phi) is 2.79. The molecule has 7 heteroatoms. The molecule has 0 N–H and O–H groups in total. The fraction of sp³-hybridized carbons (Fsp3) is 0.636. The lowest BCUT2D eigenvalue weighted by molar-refractivity contribution is -0.174. The van der Waals surface area contributed by atoms with Crippen LogP contribution in [-0.2, 0) is 9.53 Å². The maximum Gasteiger partial charge on any atom is 0.410 e. The summed E-state index contributed by atoms with van der Waals surface area (Å²) in [7, 11) is 1.34. The van der Waals surface area contributed by atoms with E-state index in [1.807, 2.05) is 0 Å². The third kappa shape index (κ3) is 1.57. The summed E-state index contributed by atoms with van der Waals surface area (Å²) >= 11 is 0. The molecule has 1 spiro atoms. The Bertz CT molecular complexity index is 405. The van der Waals surface area contributed by atoms with Gasteiger partial charge in [0.1, 0.15) is 6.61 Å². The van der Waals surface area contributed by atoms with Gasteiger partial charge in [0, 0.05) is 26.7 Å². The predicted molar refractivity (Wildman–Crippen MR) is 58.1 cm³/mol. The van der Waals surface area contributed by atoms with Gasteiger partial charge >= 0.3 is 12.0 Å². The van der Waals surface area contributed by atoms with Gasteiger partial charge in [0.25, 0.3) is 5.91 Å². The van der Waals surface area contributed by atoms with E-state index in [-0.39, 0.29) is 26.2 Å². The van der Waals surface area contributed by atoms with Crippen molar-refractivity contribution in [1.82, 2.24) is 9.80 Å². The summed E-state index contributed by atoms with van der Waals surface area (Å²) in [6, 6.07) is 0. The van der Waals surface area contributed by atoms with Crippen molar-refractivity contribution in [2.75, 3.05) is 33.3 Å². The van der Waals surface area contributed by atoms with Crippen molar-refractivity contribution in [1.29, 1.82) is 0 Å². The van der Waals surface area contributed by atoms with Gasteiger partial charge in [0.2, 0.25) is 0 Å². The highest BCUT2D eigenvalue weighted by Crippen LogP contribution is 2.50. The summed E-state index contributed by atoms with van der Waals surface area (Å²) in [5.74, 6) is -4.58. The normalized spacial score (nSPS) is 24.1. The minimum atomic E-state index is -3.41. The molecule has 0 unspecified atom stereocenters. The number of nitrogens with zero attached hydrogens (tertiary/aromatic N) is 2. The largest absolute Gasteiger partial charge is 0.445 e. The Morgan fingerprint density at radius 3 is 2.56 bits per heavy atom. The van der Waals surface area contributed by atoms with Crippen LogP contribution in [0.2, 0.25) is 0 Å². The first-order valence-corrected chi connectivity index (χ1v) is 5.50. The highest BCUT2D eigenvalue weighted by Gasteiger charge is 2.71. The first kappa shape index (κ1) is 12.8. The molecule has 0 aromatic rings. The number of likely N-dealkylation sites (tertiary alicyclic amines) is 2. The Hall–Kier alpha value is -1.66. The number of hydrogen-bond donors (Lipinski definition) is 0. The van der Waals surface area contributed by atoms with Crippen LogP contribution >= 0.6 is 0 Å². The number of alkyl halides is 2. The number of rotatable bonds is 2. The predicted octanol–water partition coefficient (Wildman–Crippen LogP) is 0.718. The molecule has 2 saturated heterocycles. The average molecular weight is 260 g/mol. The molecule has 0 radical (unpaired) electrons. The minimum Gasteiger partial charge on any atom is -0.445 e. The molecule has 0 bridgehead atoms.